The lowest BCUT2D eigenvalue weighted by atomic mass is 10.1. The topological polar surface area (TPSA) is 47.1 Å². The number of thiazole rings is 1. The Balaban J connectivity index is 1.83. The van der Waals surface area contributed by atoms with E-state index in [0.717, 1.165) is 17.1 Å². The average molecular weight is 261 g/mol. The zero-order chi connectivity index (χ0) is 12.5. The molecule has 0 radical (unpaired) electrons. The molecule has 0 fully saturated rings. The van der Waals surface area contributed by atoms with E-state index in [1.165, 1.54) is 5.56 Å². The molecule has 0 aliphatic heterocycles. The third-order valence-corrected chi connectivity index (χ3v) is 3.80. The Morgan fingerprint density at radius 1 is 1.44 bits per heavy atom. The van der Waals surface area contributed by atoms with Crippen LogP contribution < -0.4 is 5.32 Å². The van der Waals surface area contributed by atoms with Crippen LogP contribution in [-0.2, 0) is 13.5 Å². The summed E-state index contributed by atoms with van der Waals surface area (Å²) < 4.78 is 3.89. The molecule has 3 aromatic rings. The fourth-order valence-corrected chi connectivity index (χ4v) is 2.81. The number of likely N-dealkylation sites (N-methyl/N-ethyl adjacent to an activating group) is 1. The van der Waals surface area contributed by atoms with Gasteiger partial charge in [0.05, 0.1) is 11.9 Å². The number of hydrogen-bond donors (Lipinski definition) is 1. The fraction of sp³-hybridized carbons (Fsp3) is 0.333. The van der Waals surface area contributed by atoms with Gasteiger partial charge in [-0.1, -0.05) is 0 Å². The maximum atomic E-state index is 4.61. The molecule has 1 atom stereocenters. The Morgan fingerprint density at radius 3 is 3.00 bits per heavy atom. The van der Waals surface area contributed by atoms with Crippen molar-refractivity contribution >= 4 is 16.3 Å². The van der Waals surface area contributed by atoms with Gasteiger partial charge < -0.3 is 5.32 Å². The summed E-state index contributed by atoms with van der Waals surface area (Å²) in [6.07, 6.45) is 8.94. The summed E-state index contributed by atoms with van der Waals surface area (Å²) in [5, 5.41) is 9.57. The standard InChI is InChI=1S/C12H15N5S/c1-13-11(9-6-14-16(2)7-9)5-10-8-17-3-4-18-12(17)15-10/h3-4,6-8,11,13H,5H2,1-2H3. The van der Waals surface area contributed by atoms with Gasteiger partial charge in [-0.2, -0.15) is 5.10 Å². The minimum atomic E-state index is 0.253. The number of rotatable bonds is 4. The molecule has 0 bridgehead atoms. The monoisotopic (exact) mass is 261 g/mol. The quantitative estimate of drug-likeness (QED) is 0.776. The lowest BCUT2D eigenvalue weighted by Gasteiger charge is -2.12. The van der Waals surface area contributed by atoms with E-state index in [2.05, 4.69) is 26.0 Å². The van der Waals surface area contributed by atoms with Crippen LogP contribution in [0.15, 0.2) is 30.2 Å². The number of aromatic nitrogens is 4. The minimum Gasteiger partial charge on any atom is -0.313 e. The highest BCUT2D eigenvalue weighted by atomic mass is 32.1. The van der Waals surface area contributed by atoms with E-state index in [-0.39, 0.29) is 6.04 Å². The van der Waals surface area contributed by atoms with E-state index in [9.17, 15) is 0 Å². The van der Waals surface area contributed by atoms with Crippen LogP contribution in [0.1, 0.15) is 17.3 Å². The molecule has 3 heterocycles. The first-order chi connectivity index (χ1) is 8.76. The molecule has 0 aliphatic carbocycles. The molecule has 94 valence electrons. The van der Waals surface area contributed by atoms with Crippen molar-refractivity contribution in [1.29, 1.82) is 0 Å². The Morgan fingerprint density at radius 2 is 2.33 bits per heavy atom. The SMILES string of the molecule is CNC(Cc1cn2ccsc2n1)c1cnn(C)c1. The highest BCUT2D eigenvalue weighted by Gasteiger charge is 2.14. The summed E-state index contributed by atoms with van der Waals surface area (Å²) >= 11 is 1.66. The van der Waals surface area contributed by atoms with Crippen molar-refractivity contribution < 1.29 is 0 Å². The van der Waals surface area contributed by atoms with Crippen molar-refractivity contribution in [2.24, 2.45) is 7.05 Å². The number of imidazole rings is 1. The third kappa shape index (κ3) is 2.04. The molecule has 1 N–H and O–H groups in total. The molecule has 3 aromatic heterocycles. The van der Waals surface area contributed by atoms with Crippen LogP contribution in [0.25, 0.3) is 4.96 Å². The summed E-state index contributed by atoms with van der Waals surface area (Å²) in [6, 6.07) is 0.253. The molecule has 6 heteroatoms. The van der Waals surface area contributed by atoms with Gasteiger partial charge in [0.15, 0.2) is 4.96 Å². The maximum absolute atomic E-state index is 4.61. The number of nitrogens with one attached hydrogen (secondary N) is 1. The van der Waals surface area contributed by atoms with E-state index in [1.54, 1.807) is 11.3 Å². The van der Waals surface area contributed by atoms with Gasteiger partial charge in [-0.25, -0.2) is 4.98 Å². The van der Waals surface area contributed by atoms with Gasteiger partial charge in [0.25, 0.3) is 0 Å². The van der Waals surface area contributed by atoms with Crippen molar-refractivity contribution in [3.63, 3.8) is 0 Å². The van der Waals surface area contributed by atoms with Gasteiger partial charge in [0.2, 0.25) is 0 Å². The molecule has 0 saturated carbocycles. The molecule has 3 rings (SSSR count). The summed E-state index contributed by atoms with van der Waals surface area (Å²) in [6.45, 7) is 0. The van der Waals surface area contributed by atoms with Crippen molar-refractivity contribution in [3.8, 4) is 0 Å². The Bertz CT molecular complexity index is 622. The van der Waals surface area contributed by atoms with E-state index in [4.69, 9.17) is 0 Å². The first-order valence-corrected chi connectivity index (χ1v) is 6.71. The summed E-state index contributed by atoms with van der Waals surface area (Å²) in [5.74, 6) is 0. The van der Waals surface area contributed by atoms with E-state index in [1.807, 2.05) is 42.7 Å². The highest BCUT2D eigenvalue weighted by molar-refractivity contribution is 7.15. The normalized spacial score (nSPS) is 13.2. The Labute approximate surface area is 109 Å². The highest BCUT2D eigenvalue weighted by Crippen LogP contribution is 2.19. The van der Waals surface area contributed by atoms with E-state index >= 15 is 0 Å². The molecule has 0 aromatic carbocycles. The second-order valence-electron chi connectivity index (χ2n) is 4.32. The van der Waals surface area contributed by atoms with Crippen LogP contribution in [0.2, 0.25) is 0 Å². The second kappa shape index (κ2) is 4.55. The smallest absolute Gasteiger partial charge is 0.193 e. The van der Waals surface area contributed by atoms with E-state index < -0.39 is 0 Å². The van der Waals surface area contributed by atoms with Crippen LogP contribution in [-0.4, -0.2) is 26.2 Å². The average Bonchev–Trinajstić information content (AvgIpc) is 3.00. The van der Waals surface area contributed by atoms with Gasteiger partial charge in [-0.3, -0.25) is 9.08 Å². The molecule has 0 saturated heterocycles. The van der Waals surface area contributed by atoms with Gasteiger partial charge in [0, 0.05) is 49.0 Å². The van der Waals surface area contributed by atoms with Crippen molar-refractivity contribution in [2.45, 2.75) is 12.5 Å². The Kier molecular flexibility index (Phi) is 2.89. The second-order valence-corrected chi connectivity index (χ2v) is 5.19. The van der Waals surface area contributed by atoms with Crippen LogP contribution in [0.3, 0.4) is 0 Å². The Hall–Kier alpha value is -1.66. The molecule has 0 amide bonds. The zero-order valence-electron chi connectivity index (χ0n) is 10.4. The zero-order valence-corrected chi connectivity index (χ0v) is 11.2. The molecule has 18 heavy (non-hydrogen) atoms. The molecule has 5 nitrogen and oxygen atoms in total. The van der Waals surface area contributed by atoms with Crippen LogP contribution in [0.4, 0.5) is 0 Å². The molecular formula is C12H15N5S. The third-order valence-electron chi connectivity index (χ3n) is 3.03. The molecule has 0 aliphatic rings. The van der Waals surface area contributed by atoms with Crippen LogP contribution >= 0.6 is 11.3 Å². The minimum absolute atomic E-state index is 0.253. The number of fused-ring (bicyclic) bond motifs is 1. The van der Waals surface area contributed by atoms with Crippen molar-refractivity contribution in [1.82, 2.24) is 24.5 Å². The first kappa shape index (κ1) is 11.4. The lowest BCUT2D eigenvalue weighted by molar-refractivity contribution is 0.585. The van der Waals surface area contributed by atoms with Gasteiger partial charge in [0.1, 0.15) is 0 Å². The number of aryl methyl sites for hydroxylation is 1. The van der Waals surface area contributed by atoms with Crippen LogP contribution in [0, 0.1) is 0 Å². The van der Waals surface area contributed by atoms with Gasteiger partial charge in [-0.05, 0) is 7.05 Å². The van der Waals surface area contributed by atoms with Crippen molar-refractivity contribution in [2.75, 3.05) is 7.05 Å². The van der Waals surface area contributed by atoms with Gasteiger partial charge >= 0.3 is 0 Å². The van der Waals surface area contributed by atoms with Crippen molar-refractivity contribution in [3.05, 3.63) is 41.4 Å². The summed E-state index contributed by atoms with van der Waals surface area (Å²) in [4.78, 5) is 5.65. The largest absolute Gasteiger partial charge is 0.313 e. The first-order valence-electron chi connectivity index (χ1n) is 5.83. The molecular weight excluding hydrogens is 246 g/mol. The fourth-order valence-electron chi connectivity index (χ4n) is 2.09. The lowest BCUT2D eigenvalue weighted by Crippen LogP contribution is -2.18. The van der Waals surface area contributed by atoms with Gasteiger partial charge in [-0.15, -0.1) is 11.3 Å². The predicted molar refractivity (Wildman–Crippen MR) is 71.8 cm³/mol. The predicted octanol–water partition coefficient (Wildman–Crippen LogP) is 1.63. The van der Waals surface area contributed by atoms with E-state index in [0.29, 0.717) is 0 Å². The molecule has 0 spiro atoms. The number of hydrogen-bond acceptors (Lipinski definition) is 4. The summed E-state index contributed by atoms with van der Waals surface area (Å²) in [7, 11) is 3.90. The molecule has 1 unspecified atom stereocenters. The maximum Gasteiger partial charge on any atom is 0.193 e. The number of nitrogens with zero attached hydrogens (tertiary/aromatic N) is 4. The summed E-state index contributed by atoms with van der Waals surface area (Å²) in [5.41, 5.74) is 2.29. The van der Waals surface area contributed by atoms with Crippen LogP contribution in [0.5, 0.6) is 0 Å².